The van der Waals surface area contributed by atoms with E-state index in [-0.39, 0.29) is 18.5 Å². The van der Waals surface area contributed by atoms with Crippen molar-refractivity contribution in [1.82, 2.24) is 5.32 Å². The molecular weight excluding hydrogens is 1040 g/mol. The Kier molecular flexibility index (Phi) is 72.9. The molecule has 0 bridgehead atoms. The number of esters is 1. The van der Waals surface area contributed by atoms with Crippen LogP contribution in [0.5, 0.6) is 0 Å². The molecule has 0 aromatic carbocycles. The molecule has 6 nitrogen and oxygen atoms in total. The minimum absolute atomic E-state index is 0.00708. The van der Waals surface area contributed by atoms with Crippen molar-refractivity contribution in [2.75, 3.05) is 13.2 Å². The lowest BCUT2D eigenvalue weighted by Crippen LogP contribution is -2.45. The molecule has 0 spiro atoms. The smallest absolute Gasteiger partial charge is 0.305 e. The first-order valence-electron chi connectivity index (χ1n) is 38.7. The van der Waals surface area contributed by atoms with Gasteiger partial charge in [-0.15, -0.1) is 0 Å². The number of hydrogen-bond donors (Lipinski definition) is 3. The molecule has 0 aromatic rings. The van der Waals surface area contributed by atoms with Crippen molar-refractivity contribution in [2.24, 2.45) is 0 Å². The van der Waals surface area contributed by atoms with Crippen molar-refractivity contribution in [3.05, 3.63) is 36.5 Å². The van der Waals surface area contributed by atoms with E-state index < -0.39 is 12.1 Å². The van der Waals surface area contributed by atoms with Crippen molar-refractivity contribution in [1.29, 1.82) is 0 Å². The molecule has 0 radical (unpaired) electrons. The number of unbranched alkanes of at least 4 members (excludes halogenated alkanes) is 56. The Morgan fingerprint density at radius 3 is 0.918 bits per heavy atom. The van der Waals surface area contributed by atoms with Crippen LogP contribution in [-0.2, 0) is 14.3 Å². The topological polar surface area (TPSA) is 95.9 Å². The van der Waals surface area contributed by atoms with Gasteiger partial charge in [-0.05, 0) is 83.5 Å². The van der Waals surface area contributed by atoms with Gasteiger partial charge in [0.1, 0.15) is 0 Å². The van der Waals surface area contributed by atoms with Crippen LogP contribution in [0, 0.1) is 0 Å². The lowest BCUT2D eigenvalue weighted by atomic mass is 10.0. The SMILES string of the molecule is CCCCCC/C=C\C/C=C\CCCCCCCCCC(=O)OCCCCCCCCCCCCCC/C=C\CCCCCCCCCCCC(=O)NC(CO)C(O)CCCCCCCCCCCCCCCCCCCCCCCCCCC. The van der Waals surface area contributed by atoms with Crippen molar-refractivity contribution in [3.63, 3.8) is 0 Å². The maximum absolute atomic E-state index is 12.6. The summed E-state index contributed by atoms with van der Waals surface area (Å²) in [6.45, 7) is 4.97. The fourth-order valence-corrected chi connectivity index (χ4v) is 12.3. The maximum atomic E-state index is 12.6. The van der Waals surface area contributed by atoms with Crippen LogP contribution in [0.1, 0.15) is 431 Å². The second-order valence-electron chi connectivity index (χ2n) is 26.7. The first-order valence-corrected chi connectivity index (χ1v) is 38.7. The molecule has 85 heavy (non-hydrogen) atoms. The monoisotopic (exact) mass is 1190 g/mol. The first kappa shape index (κ1) is 83.1. The summed E-state index contributed by atoms with van der Waals surface area (Å²) in [5, 5.41) is 23.5. The van der Waals surface area contributed by atoms with E-state index in [0.29, 0.717) is 25.9 Å². The van der Waals surface area contributed by atoms with Gasteiger partial charge < -0.3 is 20.3 Å². The highest BCUT2D eigenvalue weighted by Crippen LogP contribution is 2.19. The van der Waals surface area contributed by atoms with Gasteiger partial charge in [0.05, 0.1) is 25.4 Å². The van der Waals surface area contributed by atoms with Crippen LogP contribution in [0.2, 0.25) is 0 Å². The molecule has 0 fully saturated rings. The third kappa shape index (κ3) is 71.0. The number of hydrogen-bond acceptors (Lipinski definition) is 5. The molecular formula is C79H151NO5. The molecule has 0 aliphatic heterocycles. The van der Waals surface area contributed by atoms with Crippen LogP contribution in [0.4, 0.5) is 0 Å². The Labute approximate surface area is 532 Å². The molecule has 502 valence electrons. The lowest BCUT2D eigenvalue weighted by molar-refractivity contribution is -0.143. The van der Waals surface area contributed by atoms with Gasteiger partial charge in [-0.3, -0.25) is 9.59 Å². The van der Waals surface area contributed by atoms with Crippen LogP contribution >= 0.6 is 0 Å². The number of aliphatic hydroxyl groups excluding tert-OH is 2. The van der Waals surface area contributed by atoms with Crippen LogP contribution in [0.15, 0.2) is 36.5 Å². The number of allylic oxidation sites excluding steroid dienone is 6. The van der Waals surface area contributed by atoms with Crippen LogP contribution in [0.25, 0.3) is 0 Å². The Morgan fingerprint density at radius 2 is 0.588 bits per heavy atom. The number of nitrogens with one attached hydrogen (secondary N) is 1. The van der Waals surface area contributed by atoms with Gasteiger partial charge in [0.2, 0.25) is 5.91 Å². The largest absolute Gasteiger partial charge is 0.466 e. The zero-order valence-corrected chi connectivity index (χ0v) is 57.6. The second kappa shape index (κ2) is 74.5. The fraction of sp³-hybridized carbons (Fsp3) is 0.899. The van der Waals surface area contributed by atoms with Crippen LogP contribution in [0.3, 0.4) is 0 Å². The highest BCUT2D eigenvalue weighted by molar-refractivity contribution is 5.76. The van der Waals surface area contributed by atoms with Crippen molar-refractivity contribution < 1.29 is 24.5 Å². The normalized spacial score (nSPS) is 12.7. The summed E-state index contributed by atoms with van der Waals surface area (Å²) in [5.41, 5.74) is 0. The van der Waals surface area contributed by atoms with E-state index in [2.05, 4.69) is 55.6 Å². The molecule has 0 aliphatic carbocycles. The highest BCUT2D eigenvalue weighted by Gasteiger charge is 2.20. The summed E-state index contributed by atoms with van der Waals surface area (Å²) < 4.78 is 5.50. The van der Waals surface area contributed by atoms with Gasteiger partial charge in [0.25, 0.3) is 0 Å². The Balaban J connectivity index is 3.39. The molecule has 0 saturated carbocycles. The predicted molar refractivity (Wildman–Crippen MR) is 375 cm³/mol. The fourth-order valence-electron chi connectivity index (χ4n) is 12.3. The van der Waals surface area contributed by atoms with Crippen molar-refractivity contribution >= 4 is 11.9 Å². The lowest BCUT2D eigenvalue weighted by Gasteiger charge is -2.22. The van der Waals surface area contributed by atoms with Crippen molar-refractivity contribution in [3.8, 4) is 0 Å². The van der Waals surface area contributed by atoms with Gasteiger partial charge in [0.15, 0.2) is 0 Å². The van der Waals surface area contributed by atoms with Gasteiger partial charge in [-0.1, -0.05) is 371 Å². The third-order valence-electron chi connectivity index (χ3n) is 18.2. The minimum atomic E-state index is -0.669. The number of carbonyl (C=O) groups excluding carboxylic acids is 2. The number of carbonyl (C=O) groups is 2. The zero-order chi connectivity index (χ0) is 61.3. The molecule has 3 N–H and O–H groups in total. The number of aliphatic hydroxyl groups is 2. The first-order chi connectivity index (χ1) is 42.0. The van der Waals surface area contributed by atoms with Gasteiger partial charge in [0, 0.05) is 12.8 Å². The summed E-state index contributed by atoms with van der Waals surface area (Å²) in [6.07, 6.45) is 96.4. The maximum Gasteiger partial charge on any atom is 0.305 e. The van der Waals surface area contributed by atoms with Crippen LogP contribution < -0.4 is 5.32 Å². The van der Waals surface area contributed by atoms with Gasteiger partial charge >= 0.3 is 5.97 Å². The predicted octanol–water partition coefficient (Wildman–Crippen LogP) is 25.4. The summed E-state index contributed by atoms with van der Waals surface area (Å²) in [7, 11) is 0. The van der Waals surface area contributed by atoms with E-state index in [1.807, 2.05) is 0 Å². The van der Waals surface area contributed by atoms with E-state index in [1.54, 1.807) is 0 Å². The Bertz CT molecular complexity index is 1380. The molecule has 6 heteroatoms. The molecule has 1 amide bonds. The van der Waals surface area contributed by atoms with Gasteiger partial charge in [-0.25, -0.2) is 0 Å². The Hall–Kier alpha value is -1.92. The summed E-state index contributed by atoms with van der Waals surface area (Å²) in [6, 6.07) is -0.546. The highest BCUT2D eigenvalue weighted by atomic mass is 16.5. The second-order valence-corrected chi connectivity index (χ2v) is 26.7. The van der Waals surface area contributed by atoms with E-state index in [0.717, 1.165) is 51.4 Å². The minimum Gasteiger partial charge on any atom is -0.466 e. The average molecular weight is 1200 g/mol. The zero-order valence-electron chi connectivity index (χ0n) is 57.6. The third-order valence-corrected chi connectivity index (χ3v) is 18.2. The molecule has 2 atom stereocenters. The summed E-state index contributed by atoms with van der Waals surface area (Å²) in [4.78, 5) is 24.7. The van der Waals surface area contributed by atoms with E-state index in [9.17, 15) is 19.8 Å². The Morgan fingerprint density at radius 1 is 0.329 bits per heavy atom. The molecule has 0 heterocycles. The molecule has 2 unspecified atom stereocenters. The summed E-state index contributed by atoms with van der Waals surface area (Å²) in [5.74, 6) is -0.0260. The van der Waals surface area contributed by atoms with E-state index >= 15 is 0 Å². The molecule has 0 aromatic heterocycles. The number of amides is 1. The average Bonchev–Trinajstić information content (AvgIpc) is 3.51. The van der Waals surface area contributed by atoms with E-state index in [1.165, 1.54) is 347 Å². The molecule has 0 aliphatic rings. The van der Waals surface area contributed by atoms with Crippen molar-refractivity contribution in [2.45, 2.75) is 443 Å². The molecule has 0 saturated heterocycles. The standard InChI is InChI=1S/C79H151NO5/c1-3-5-7-9-11-13-15-17-19-21-23-24-25-27-30-33-36-39-43-47-51-55-59-63-67-71-77(82)76(75-81)80-78(83)72-68-64-60-56-52-48-44-40-37-34-31-28-26-29-32-35-38-42-46-50-54-58-62-66-70-74-85-79(84)73-69-65-61-57-53-49-45-41-22-20-18-16-14-12-10-8-6-4-2/h14,16,20,22,28,31,76-77,81-82H,3-13,15,17-19,21,23-27,29-30,32-75H2,1-2H3,(H,80,83)/b16-14-,22-20-,31-28-. The summed E-state index contributed by atoms with van der Waals surface area (Å²) >= 11 is 0. The van der Waals surface area contributed by atoms with Crippen LogP contribution in [-0.4, -0.2) is 47.4 Å². The molecule has 0 rings (SSSR count). The van der Waals surface area contributed by atoms with Gasteiger partial charge in [-0.2, -0.15) is 0 Å². The number of rotatable bonds is 73. The number of ether oxygens (including phenoxy) is 1. The quantitative estimate of drug-likeness (QED) is 0.0320. The van der Waals surface area contributed by atoms with E-state index in [4.69, 9.17) is 4.74 Å².